The molecular formula is C14H17Cl4N2O2+. The van der Waals surface area contributed by atoms with Crippen LogP contribution in [0.25, 0.3) is 0 Å². The number of halogens is 4. The van der Waals surface area contributed by atoms with E-state index < -0.39 is 9.96 Å². The Kier molecular flexibility index (Phi) is 6.62. The zero-order chi connectivity index (χ0) is 16.2. The average Bonchev–Trinajstić information content (AvgIpc) is 2.95. The lowest BCUT2D eigenvalue weighted by Crippen LogP contribution is -2.97. The second-order valence-electron chi connectivity index (χ2n) is 5.11. The Hall–Kier alpha value is -0.230. The van der Waals surface area contributed by atoms with E-state index in [9.17, 15) is 4.79 Å². The highest BCUT2D eigenvalue weighted by atomic mass is 35.6. The lowest BCUT2D eigenvalue weighted by atomic mass is 10.2. The first-order valence-electron chi connectivity index (χ1n) is 6.94. The summed E-state index contributed by atoms with van der Waals surface area (Å²) in [6.07, 6.45) is 1.42. The molecule has 0 unspecified atom stereocenters. The molecular weight excluding hydrogens is 370 g/mol. The van der Waals surface area contributed by atoms with E-state index in [4.69, 9.17) is 51.1 Å². The maximum absolute atomic E-state index is 12.3. The van der Waals surface area contributed by atoms with E-state index in [1.165, 1.54) is 0 Å². The van der Waals surface area contributed by atoms with Gasteiger partial charge in [-0.05, 0) is 31.0 Å². The highest BCUT2D eigenvalue weighted by Crippen LogP contribution is 2.27. The number of amides is 1. The topological polar surface area (TPSA) is 54.9 Å². The summed E-state index contributed by atoms with van der Waals surface area (Å²) in [6, 6.07) is 6.59. The average molecular weight is 387 g/mol. The summed E-state index contributed by atoms with van der Waals surface area (Å²) < 4.78 is 3.90. The molecule has 1 aliphatic rings. The van der Waals surface area contributed by atoms with Crippen LogP contribution in [0.15, 0.2) is 24.3 Å². The Bertz CT molecular complexity index is 516. The van der Waals surface area contributed by atoms with E-state index >= 15 is 0 Å². The maximum atomic E-state index is 12.3. The first kappa shape index (κ1) is 18.1. The summed E-state index contributed by atoms with van der Waals surface area (Å²) in [5.41, 5.74) is 0.414. The number of carbonyl (C=O) groups is 1. The van der Waals surface area contributed by atoms with Crippen molar-refractivity contribution in [3.63, 3.8) is 0 Å². The molecule has 0 aromatic heterocycles. The standard InChI is InChI=1S/C14H16Cl4N2O2/c15-10-4-1-3-9(7-10)12(21)20-13(14(16,17)18)19-8-11-5-2-6-22-11/h1,3-4,7,11,13,19H,2,5-6,8H2,(H,20,21)/p+1/t11-,13+/m0/s1. The normalized spacial score (nSPS) is 19.9. The summed E-state index contributed by atoms with van der Waals surface area (Å²) in [5.74, 6) is -0.345. The quantitative estimate of drug-likeness (QED) is 0.603. The third-order valence-corrected chi connectivity index (χ3v) is 4.33. The highest BCUT2D eigenvalue weighted by molar-refractivity contribution is 6.68. The van der Waals surface area contributed by atoms with Crippen molar-refractivity contribution in [3.8, 4) is 0 Å². The number of alkyl halides is 3. The SMILES string of the molecule is O=C(N[C@@H]([NH2+]C[C@@H]1CCCO1)C(Cl)(Cl)Cl)c1cccc(Cl)c1. The minimum absolute atomic E-state index is 0.123. The molecule has 0 saturated carbocycles. The van der Waals surface area contributed by atoms with Gasteiger partial charge in [0, 0.05) is 17.2 Å². The summed E-state index contributed by atoms with van der Waals surface area (Å²) in [6.45, 7) is 1.38. The molecule has 4 nitrogen and oxygen atoms in total. The smallest absolute Gasteiger partial charge is 0.262 e. The summed E-state index contributed by atoms with van der Waals surface area (Å²) >= 11 is 23.8. The molecule has 1 amide bonds. The van der Waals surface area contributed by atoms with Crippen LogP contribution >= 0.6 is 46.4 Å². The van der Waals surface area contributed by atoms with Crippen molar-refractivity contribution in [2.24, 2.45) is 0 Å². The number of ether oxygens (including phenoxy) is 1. The van der Waals surface area contributed by atoms with Crippen LogP contribution in [0.3, 0.4) is 0 Å². The van der Waals surface area contributed by atoms with Crippen molar-refractivity contribution in [3.05, 3.63) is 34.9 Å². The predicted octanol–water partition coefficient (Wildman–Crippen LogP) is 2.51. The Balaban J connectivity index is 1.98. The summed E-state index contributed by atoms with van der Waals surface area (Å²) in [7, 11) is 0. The van der Waals surface area contributed by atoms with Gasteiger partial charge >= 0.3 is 0 Å². The van der Waals surface area contributed by atoms with Gasteiger partial charge in [-0.15, -0.1) is 0 Å². The van der Waals surface area contributed by atoms with Gasteiger partial charge in [0.1, 0.15) is 12.6 Å². The second-order valence-corrected chi connectivity index (χ2v) is 7.91. The van der Waals surface area contributed by atoms with Crippen LogP contribution in [-0.2, 0) is 4.74 Å². The number of rotatable bonds is 5. The minimum atomic E-state index is -1.63. The molecule has 22 heavy (non-hydrogen) atoms. The molecule has 0 spiro atoms. The number of benzene rings is 1. The van der Waals surface area contributed by atoms with Gasteiger partial charge < -0.3 is 10.1 Å². The first-order valence-corrected chi connectivity index (χ1v) is 8.45. The van der Waals surface area contributed by atoms with E-state index in [2.05, 4.69) is 5.32 Å². The Morgan fingerprint density at radius 2 is 2.23 bits per heavy atom. The molecule has 2 rings (SSSR count). The lowest BCUT2D eigenvalue weighted by Gasteiger charge is -2.24. The first-order chi connectivity index (χ1) is 10.4. The van der Waals surface area contributed by atoms with Gasteiger partial charge in [0.25, 0.3) is 9.70 Å². The van der Waals surface area contributed by atoms with Crippen molar-refractivity contribution in [1.29, 1.82) is 0 Å². The summed E-state index contributed by atoms with van der Waals surface area (Å²) in [5, 5.41) is 4.98. The summed E-state index contributed by atoms with van der Waals surface area (Å²) in [4.78, 5) is 12.3. The van der Waals surface area contributed by atoms with E-state index in [-0.39, 0.29) is 12.0 Å². The molecule has 2 atom stereocenters. The fourth-order valence-corrected chi connectivity index (χ4v) is 2.87. The van der Waals surface area contributed by atoms with E-state index in [1.807, 2.05) is 0 Å². The van der Waals surface area contributed by atoms with Gasteiger partial charge in [-0.3, -0.25) is 10.1 Å². The van der Waals surface area contributed by atoms with Gasteiger partial charge in [-0.1, -0.05) is 52.5 Å². The molecule has 122 valence electrons. The number of quaternary nitrogens is 1. The Morgan fingerprint density at radius 1 is 1.45 bits per heavy atom. The molecule has 1 heterocycles. The fourth-order valence-electron chi connectivity index (χ4n) is 2.25. The number of hydrogen-bond acceptors (Lipinski definition) is 2. The van der Waals surface area contributed by atoms with Gasteiger partial charge in [-0.2, -0.15) is 0 Å². The van der Waals surface area contributed by atoms with Crippen LogP contribution in [0.5, 0.6) is 0 Å². The molecule has 1 aromatic carbocycles. The number of nitrogens with two attached hydrogens (primary N) is 1. The molecule has 1 aliphatic heterocycles. The van der Waals surface area contributed by atoms with Crippen LogP contribution in [0.1, 0.15) is 23.2 Å². The van der Waals surface area contributed by atoms with Crippen molar-refractivity contribution in [2.45, 2.75) is 28.9 Å². The fraction of sp³-hybridized carbons (Fsp3) is 0.500. The Labute approximate surface area is 149 Å². The maximum Gasteiger partial charge on any atom is 0.262 e. The van der Waals surface area contributed by atoms with Gasteiger partial charge in [0.2, 0.25) is 6.17 Å². The minimum Gasteiger partial charge on any atom is -0.372 e. The zero-order valence-electron chi connectivity index (χ0n) is 11.7. The molecule has 0 bridgehead atoms. The third-order valence-electron chi connectivity index (χ3n) is 3.38. The van der Waals surface area contributed by atoms with Crippen LogP contribution in [0.2, 0.25) is 5.02 Å². The molecule has 1 saturated heterocycles. The second kappa shape index (κ2) is 8.04. The van der Waals surface area contributed by atoms with Crippen molar-refractivity contribution in [2.75, 3.05) is 13.2 Å². The van der Waals surface area contributed by atoms with Crippen LogP contribution in [0.4, 0.5) is 0 Å². The van der Waals surface area contributed by atoms with Crippen molar-refractivity contribution in [1.82, 2.24) is 5.32 Å². The molecule has 1 fully saturated rings. The van der Waals surface area contributed by atoms with Crippen molar-refractivity contribution < 1.29 is 14.8 Å². The van der Waals surface area contributed by atoms with Gasteiger partial charge in [0.15, 0.2) is 0 Å². The molecule has 1 aromatic rings. The zero-order valence-corrected chi connectivity index (χ0v) is 14.7. The molecule has 3 N–H and O–H groups in total. The number of carbonyl (C=O) groups excluding carboxylic acids is 1. The number of nitrogens with one attached hydrogen (secondary N) is 1. The number of hydrogen-bond donors (Lipinski definition) is 2. The van der Waals surface area contributed by atoms with Crippen LogP contribution in [-0.4, -0.2) is 35.1 Å². The lowest BCUT2D eigenvalue weighted by molar-refractivity contribution is -0.697. The monoisotopic (exact) mass is 385 g/mol. The van der Waals surface area contributed by atoms with E-state index in [0.29, 0.717) is 17.1 Å². The van der Waals surface area contributed by atoms with Gasteiger partial charge in [-0.25, -0.2) is 0 Å². The molecule has 0 radical (unpaired) electrons. The van der Waals surface area contributed by atoms with Crippen LogP contribution < -0.4 is 10.6 Å². The Morgan fingerprint density at radius 3 is 2.82 bits per heavy atom. The highest BCUT2D eigenvalue weighted by Gasteiger charge is 2.38. The van der Waals surface area contributed by atoms with Crippen LogP contribution in [0, 0.1) is 0 Å². The van der Waals surface area contributed by atoms with Gasteiger partial charge in [0.05, 0.1) is 0 Å². The molecule has 8 heteroatoms. The van der Waals surface area contributed by atoms with Crippen molar-refractivity contribution >= 4 is 52.3 Å². The van der Waals surface area contributed by atoms with E-state index in [0.717, 1.165) is 19.4 Å². The van der Waals surface area contributed by atoms with E-state index in [1.54, 1.807) is 29.6 Å². The molecule has 0 aliphatic carbocycles. The largest absolute Gasteiger partial charge is 0.372 e. The predicted molar refractivity (Wildman–Crippen MR) is 88.8 cm³/mol. The third kappa shape index (κ3) is 5.44.